The fraction of sp³-hybridized carbons (Fsp3) is 0.435. The number of hydrogen-bond donors (Lipinski definition) is 1. The van der Waals surface area contributed by atoms with Crippen molar-refractivity contribution >= 4 is 34.7 Å². The van der Waals surface area contributed by atoms with E-state index in [9.17, 15) is 9.90 Å². The van der Waals surface area contributed by atoms with Crippen LogP contribution in [0.4, 0.5) is 5.69 Å². The van der Waals surface area contributed by atoms with E-state index in [2.05, 4.69) is 9.80 Å². The minimum absolute atomic E-state index is 0.236. The molecule has 1 fully saturated rings. The van der Waals surface area contributed by atoms with Gasteiger partial charge in [-0.15, -0.1) is 0 Å². The maximum absolute atomic E-state index is 11.7. The maximum Gasteiger partial charge on any atom is 0.137 e. The highest BCUT2D eigenvalue weighted by Gasteiger charge is 2.21. The zero-order valence-electron chi connectivity index (χ0n) is 16.8. The highest BCUT2D eigenvalue weighted by molar-refractivity contribution is 6.42. The number of carbonyl (C=O) groups excluding carboxylic acids is 1. The summed E-state index contributed by atoms with van der Waals surface area (Å²) in [6, 6.07) is 11.6. The van der Waals surface area contributed by atoms with Gasteiger partial charge < -0.3 is 14.7 Å². The Labute approximate surface area is 187 Å². The summed E-state index contributed by atoms with van der Waals surface area (Å²) in [6.45, 7) is 4.25. The van der Waals surface area contributed by atoms with Crippen molar-refractivity contribution in [3.63, 3.8) is 0 Å². The standard InChI is InChI=1S/C23H26Cl2N2O3/c24-22-6-3-18(13-23(22)25)27-9-7-26(8-10-27)14-20(29)15-30-21-5-2-16-1-4-19(28)11-17(16)12-21/h2-3,5-6,12-13,20,29H,1,4,7-11,14-15H2/t20-/m0/s1. The molecule has 0 amide bonds. The van der Waals surface area contributed by atoms with Crippen LogP contribution < -0.4 is 9.64 Å². The molecule has 1 atom stereocenters. The number of carbonyl (C=O) groups is 1. The van der Waals surface area contributed by atoms with E-state index < -0.39 is 6.10 Å². The third kappa shape index (κ3) is 5.27. The second kappa shape index (κ2) is 9.56. The van der Waals surface area contributed by atoms with Crippen LogP contribution in [0.25, 0.3) is 0 Å². The number of rotatable bonds is 6. The first-order valence-corrected chi connectivity index (χ1v) is 11.1. The number of aliphatic hydroxyl groups excluding tert-OH is 1. The Kier molecular flexibility index (Phi) is 6.84. The summed E-state index contributed by atoms with van der Waals surface area (Å²) in [7, 11) is 0. The first-order valence-electron chi connectivity index (χ1n) is 10.3. The number of halogens is 2. The molecule has 2 aromatic rings. The summed E-state index contributed by atoms with van der Waals surface area (Å²) in [6.07, 6.45) is 1.35. The average molecular weight is 449 g/mol. The van der Waals surface area contributed by atoms with Crippen molar-refractivity contribution in [2.24, 2.45) is 0 Å². The number of aliphatic hydroxyl groups is 1. The number of fused-ring (bicyclic) bond motifs is 1. The number of β-amino-alcohol motifs (C(OH)–C–C–N with tert-alkyl or cyclic N) is 1. The molecule has 5 nitrogen and oxygen atoms in total. The van der Waals surface area contributed by atoms with Gasteiger partial charge in [0.2, 0.25) is 0 Å². The molecule has 0 unspecified atom stereocenters. The van der Waals surface area contributed by atoms with Gasteiger partial charge in [-0.1, -0.05) is 29.3 Å². The smallest absolute Gasteiger partial charge is 0.137 e. The Bertz CT molecular complexity index is 913. The molecule has 2 aromatic carbocycles. The molecule has 0 spiro atoms. The van der Waals surface area contributed by atoms with Gasteiger partial charge in [0.05, 0.1) is 10.0 Å². The van der Waals surface area contributed by atoms with E-state index in [1.54, 1.807) is 0 Å². The van der Waals surface area contributed by atoms with Gasteiger partial charge in [-0.25, -0.2) is 0 Å². The molecule has 1 heterocycles. The molecular formula is C23H26Cl2N2O3. The SMILES string of the molecule is O=C1CCc2ccc(OC[C@@H](O)CN3CCN(c4ccc(Cl)c(Cl)c4)CC3)cc2C1. The second-order valence-electron chi connectivity index (χ2n) is 8.00. The number of ketones is 1. The fourth-order valence-electron chi connectivity index (χ4n) is 4.09. The summed E-state index contributed by atoms with van der Waals surface area (Å²) in [5, 5.41) is 11.6. The van der Waals surface area contributed by atoms with Gasteiger partial charge in [-0.3, -0.25) is 9.69 Å². The van der Waals surface area contributed by atoms with Crippen LogP contribution >= 0.6 is 23.2 Å². The van der Waals surface area contributed by atoms with Crippen LogP contribution in [0, 0.1) is 0 Å². The minimum Gasteiger partial charge on any atom is -0.491 e. The quantitative estimate of drug-likeness (QED) is 0.731. The lowest BCUT2D eigenvalue weighted by atomic mass is 9.91. The van der Waals surface area contributed by atoms with E-state index in [-0.39, 0.29) is 12.4 Å². The first kappa shape index (κ1) is 21.4. The number of ether oxygens (including phenoxy) is 1. The molecule has 1 aliphatic heterocycles. The normalized spacial score (nSPS) is 18.2. The molecule has 30 heavy (non-hydrogen) atoms. The number of Topliss-reactive ketones (excluding diaryl/α,β-unsaturated/α-hetero) is 1. The van der Waals surface area contributed by atoms with E-state index in [1.165, 1.54) is 5.56 Å². The van der Waals surface area contributed by atoms with Gasteiger partial charge >= 0.3 is 0 Å². The summed E-state index contributed by atoms with van der Waals surface area (Å²) < 4.78 is 5.80. The molecule has 4 rings (SSSR count). The molecule has 0 radical (unpaired) electrons. The molecule has 7 heteroatoms. The Hall–Kier alpha value is -1.79. The summed E-state index contributed by atoms with van der Waals surface area (Å²) >= 11 is 12.1. The van der Waals surface area contributed by atoms with Gasteiger partial charge in [0.1, 0.15) is 24.2 Å². The first-order chi connectivity index (χ1) is 14.5. The molecule has 2 aliphatic rings. The van der Waals surface area contributed by atoms with Crippen LogP contribution in [0.2, 0.25) is 10.0 Å². The van der Waals surface area contributed by atoms with Crippen molar-refractivity contribution in [2.45, 2.75) is 25.4 Å². The van der Waals surface area contributed by atoms with E-state index in [0.717, 1.165) is 43.9 Å². The molecule has 0 saturated carbocycles. The largest absolute Gasteiger partial charge is 0.491 e. The number of hydrogen-bond acceptors (Lipinski definition) is 5. The monoisotopic (exact) mass is 448 g/mol. The van der Waals surface area contributed by atoms with Crippen LogP contribution in [0.15, 0.2) is 36.4 Å². The molecule has 1 N–H and O–H groups in total. The Morgan fingerprint density at radius 3 is 2.53 bits per heavy atom. The highest BCUT2D eigenvalue weighted by Crippen LogP contribution is 2.28. The number of anilines is 1. The van der Waals surface area contributed by atoms with Gasteiger partial charge in [0.15, 0.2) is 0 Å². The second-order valence-corrected chi connectivity index (χ2v) is 8.81. The minimum atomic E-state index is -0.570. The van der Waals surface area contributed by atoms with E-state index in [0.29, 0.717) is 35.2 Å². The van der Waals surface area contributed by atoms with Crippen molar-refractivity contribution < 1.29 is 14.6 Å². The van der Waals surface area contributed by atoms with Crippen molar-refractivity contribution in [3.8, 4) is 5.75 Å². The predicted octanol–water partition coefficient (Wildman–Crippen LogP) is 3.61. The van der Waals surface area contributed by atoms with E-state index in [1.807, 2.05) is 36.4 Å². The van der Waals surface area contributed by atoms with Gasteiger partial charge in [-0.2, -0.15) is 0 Å². The zero-order chi connectivity index (χ0) is 21.1. The zero-order valence-corrected chi connectivity index (χ0v) is 18.3. The van der Waals surface area contributed by atoms with Crippen molar-refractivity contribution in [1.29, 1.82) is 0 Å². The summed E-state index contributed by atoms with van der Waals surface area (Å²) in [4.78, 5) is 16.2. The summed E-state index contributed by atoms with van der Waals surface area (Å²) in [5.41, 5.74) is 3.35. The lowest BCUT2D eigenvalue weighted by molar-refractivity contribution is -0.118. The van der Waals surface area contributed by atoms with Gasteiger partial charge in [0, 0.05) is 51.3 Å². The van der Waals surface area contributed by atoms with Crippen molar-refractivity contribution in [3.05, 3.63) is 57.6 Å². The van der Waals surface area contributed by atoms with E-state index >= 15 is 0 Å². The highest BCUT2D eigenvalue weighted by atomic mass is 35.5. The predicted molar refractivity (Wildman–Crippen MR) is 120 cm³/mol. The van der Waals surface area contributed by atoms with Gasteiger partial charge in [0.25, 0.3) is 0 Å². The number of nitrogens with zero attached hydrogens (tertiary/aromatic N) is 2. The van der Waals surface area contributed by atoms with Crippen LogP contribution in [0.3, 0.4) is 0 Å². The maximum atomic E-state index is 11.7. The van der Waals surface area contributed by atoms with Crippen LogP contribution in [0.1, 0.15) is 17.5 Å². The molecular weight excluding hydrogens is 423 g/mol. The topological polar surface area (TPSA) is 53.0 Å². The summed E-state index contributed by atoms with van der Waals surface area (Å²) in [5.74, 6) is 0.992. The van der Waals surface area contributed by atoms with Crippen molar-refractivity contribution in [1.82, 2.24) is 4.90 Å². The number of benzene rings is 2. The molecule has 1 saturated heterocycles. The van der Waals surface area contributed by atoms with E-state index in [4.69, 9.17) is 27.9 Å². The van der Waals surface area contributed by atoms with Crippen molar-refractivity contribution in [2.75, 3.05) is 44.2 Å². The Balaban J connectivity index is 1.23. The lowest BCUT2D eigenvalue weighted by Crippen LogP contribution is -2.49. The number of aryl methyl sites for hydroxylation is 1. The molecule has 1 aliphatic carbocycles. The third-order valence-electron chi connectivity index (χ3n) is 5.79. The average Bonchev–Trinajstić information content (AvgIpc) is 2.74. The number of piperazine rings is 1. The van der Waals surface area contributed by atoms with Crippen LogP contribution in [0.5, 0.6) is 5.75 Å². The Morgan fingerprint density at radius 2 is 1.77 bits per heavy atom. The molecule has 0 bridgehead atoms. The Morgan fingerprint density at radius 1 is 0.967 bits per heavy atom. The van der Waals surface area contributed by atoms with Crippen LogP contribution in [-0.4, -0.2) is 61.2 Å². The molecule has 160 valence electrons. The van der Waals surface area contributed by atoms with Gasteiger partial charge in [-0.05, 0) is 47.9 Å². The lowest BCUT2D eigenvalue weighted by Gasteiger charge is -2.37. The molecule has 0 aromatic heterocycles. The van der Waals surface area contributed by atoms with Crippen LogP contribution in [-0.2, 0) is 17.6 Å². The third-order valence-corrected chi connectivity index (χ3v) is 6.53. The fourth-order valence-corrected chi connectivity index (χ4v) is 4.38.